The lowest BCUT2D eigenvalue weighted by atomic mass is 10.1. The number of carbonyl (C=O) groups excluding carboxylic acids is 1. The van der Waals surface area contributed by atoms with E-state index in [0.29, 0.717) is 30.1 Å². The zero-order chi connectivity index (χ0) is 17.1. The van der Waals surface area contributed by atoms with E-state index in [-0.39, 0.29) is 12.0 Å². The highest BCUT2D eigenvalue weighted by molar-refractivity contribution is 5.79. The molecule has 1 saturated carbocycles. The minimum Gasteiger partial charge on any atom is -0.340 e. The van der Waals surface area contributed by atoms with Crippen LogP contribution in [0.2, 0.25) is 0 Å². The van der Waals surface area contributed by atoms with Gasteiger partial charge in [-0.25, -0.2) is 0 Å². The highest BCUT2D eigenvalue weighted by Gasteiger charge is 2.35. The Bertz CT molecular complexity index is 551. The summed E-state index contributed by atoms with van der Waals surface area (Å²) < 4.78 is 5.48. The Morgan fingerprint density at radius 1 is 1.25 bits per heavy atom. The van der Waals surface area contributed by atoms with Crippen LogP contribution in [0.25, 0.3) is 0 Å². The third kappa shape index (κ3) is 3.97. The van der Waals surface area contributed by atoms with Crippen LogP contribution in [0.4, 0.5) is 0 Å². The summed E-state index contributed by atoms with van der Waals surface area (Å²) in [7, 11) is 0. The van der Waals surface area contributed by atoms with Crippen LogP contribution in [0.1, 0.15) is 63.7 Å². The van der Waals surface area contributed by atoms with Crippen molar-refractivity contribution in [3.05, 3.63) is 11.7 Å². The Morgan fingerprint density at radius 3 is 2.62 bits per heavy atom. The van der Waals surface area contributed by atoms with Crippen LogP contribution < -0.4 is 0 Å². The van der Waals surface area contributed by atoms with Crippen molar-refractivity contribution < 1.29 is 9.32 Å². The number of hydrogen-bond donors (Lipinski definition) is 0. The fourth-order valence-electron chi connectivity index (χ4n) is 4.04. The van der Waals surface area contributed by atoms with Crippen LogP contribution in [0.5, 0.6) is 0 Å². The standard InChI is InChI=1S/C18H30N4O2/c1-13(2)11-21-9-6-10-22(18(23)15-7-4-5-8-15)12-16(21)17-19-14(3)20-24-17/h13,15-16H,4-12H2,1-3H3. The molecule has 1 aromatic heterocycles. The SMILES string of the molecule is Cc1noc(C2CN(C(=O)C3CCCC3)CCCN2CC(C)C)n1. The lowest BCUT2D eigenvalue weighted by molar-refractivity contribution is -0.135. The van der Waals surface area contributed by atoms with Gasteiger partial charge in [0.2, 0.25) is 11.8 Å². The first-order chi connectivity index (χ1) is 11.5. The molecule has 134 valence electrons. The van der Waals surface area contributed by atoms with Gasteiger partial charge in [0.25, 0.3) is 0 Å². The summed E-state index contributed by atoms with van der Waals surface area (Å²) in [6.07, 6.45) is 5.49. The predicted octanol–water partition coefficient (Wildman–Crippen LogP) is 2.80. The number of aromatic nitrogens is 2. The minimum absolute atomic E-state index is 0.0152. The first-order valence-corrected chi connectivity index (χ1v) is 9.37. The lowest BCUT2D eigenvalue weighted by Gasteiger charge is -2.31. The maximum atomic E-state index is 12.9. The molecule has 24 heavy (non-hydrogen) atoms. The molecule has 6 nitrogen and oxygen atoms in total. The lowest BCUT2D eigenvalue weighted by Crippen LogP contribution is -2.41. The molecule has 1 aliphatic heterocycles. The average Bonchev–Trinajstić information content (AvgIpc) is 3.16. The second-order valence-corrected chi connectivity index (χ2v) is 7.70. The van der Waals surface area contributed by atoms with Crippen LogP contribution in [0.15, 0.2) is 4.52 Å². The molecule has 0 bridgehead atoms. The summed E-state index contributed by atoms with van der Waals surface area (Å²) in [5.74, 6) is 2.44. The summed E-state index contributed by atoms with van der Waals surface area (Å²) in [4.78, 5) is 21.8. The number of hydrogen-bond acceptors (Lipinski definition) is 5. The summed E-state index contributed by atoms with van der Waals surface area (Å²) in [5, 5.41) is 3.97. The summed E-state index contributed by atoms with van der Waals surface area (Å²) in [5.41, 5.74) is 0. The first kappa shape index (κ1) is 17.4. The van der Waals surface area contributed by atoms with Gasteiger partial charge < -0.3 is 9.42 Å². The Balaban J connectivity index is 1.79. The van der Waals surface area contributed by atoms with Crippen molar-refractivity contribution in [2.75, 3.05) is 26.2 Å². The Hall–Kier alpha value is -1.43. The normalized spacial score (nSPS) is 23.8. The Morgan fingerprint density at radius 2 is 2.00 bits per heavy atom. The molecule has 1 aromatic rings. The van der Waals surface area contributed by atoms with Crippen molar-refractivity contribution in [1.29, 1.82) is 0 Å². The number of rotatable bonds is 4. The van der Waals surface area contributed by atoms with Gasteiger partial charge in [0.1, 0.15) is 6.04 Å². The van der Waals surface area contributed by atoms with E-state index in [1.54, 1.807) is 0 Å². The third-order valence-electron chi connectivity index (χ3n) is 5.15. The molecule has 2 fully saturated rings. The van der Waals surface area contributed by atoms with Crippen molar-refractivity contribution >= 4 is 5.91 Å². The molecule has 3 rings (SSSR count). The van der Waals surface area contributed by atoms with Gasteiger partial charge in [0.15, 0.2) is 5.82 Å². The quantitative estimate of drug-likeness (QED) is 0.847. The minimum atomic E-state index is 0.0152. The molecule has 0 N–H and O–H groups in total. The van der Waals surface area contributed by atoms with Crippen molar-refractivity contribution in [2.24, 2.45) is 11.8 Å². The molecule has 6 heteroatoms. The fraction of sp³-hybridized carbons (Fsp3) is 0.833. The average molecular weight is 334 g/mol. The van der Waals surface area contributed by atoms with E-state index in [1.165, 1.54) is 12.8 Å². The molecule has 1 amide bonds. The zero-order valence-electron chi connectivity index (χ0n) is 15.2. The fourth-order valence-corrected chi connectivity index (χ4v) is 4.04. The molecular formula is C18H30N4O2. The molecular weight excluding hydrogens is 304 g/mol. The van der Waals surface area contributed by atoms with Gasteiger partial charge in [-0.2, -0.15) is 4.98 Å². The molecule has 1 aliphatic carbocycles. The van der Waals surface area contributed by atoms with Crippen LogP contribution in [0, 0.1) is 18.8 Å². The smallest absolute Gasteiger partial charge is 0.245 e. The monoisotopic (exact) mass is 334 g/mol. The van der Waals surface area contributed by atoms with E-state index in [2.05, 4.69) is 33.8 Å². The van der Waals surface area contributed by atoms with Gasteiger partial charge in [-0.3, -0.25) is 9.69 Å². The topological polar surface area (TPSA) is 62.5 Å². The Labute approximate surface area is 144 Å². The van der Waals surface area contributed by atoms with E-state index in [4.69, 9.17) is 4.52 Å². The van der Waals surface area contributed by atoms with Gasteiger partial charge in [-0.15, -0.1) is 0 Å². The predicted molar refractivity (Wildman–Crippen MR) is 91.3 cm³/mol. The van der Waals surface area contributed by atoms with Crippen molar-refractivity contribution in [2.45, 2.75) is 58.9 Å². The molecule has 1 atom stereocenters. The maximum Gasteiger partial charge on any atom is 0.245 e. The van der Waals surface area contributed by atoms with Crippen LogP contribution >= 0.6 is 0 Å². The summed E-state index contributed by atoms with van der Waals surface area (Å²) in [6, 6.07) is 0.0152. The highest BCUT2D eigenvalue weighted by atomic mass is 16.5. The molecule has 0 spiro atoms. The van der Waals surface area contributed by atoms with Crippen LogP contribution in [-0.2, 0) is 4.79 Å². The second kappa shape index (κ2) is 7.64. The third-order valence-corrected chi connectivity index (χ3v) is 5.15. The van der Waals surface area contributed by atoms with Crippen molar-refractivity contribution in [1.82, 2.24) is 19.9 Å². The van der Waals surface area contributed by atoms with Gasteiger partial charge >= 0.3 is 0 Å². The molecule has 0 radical (unpaired) electrons. The molecule has 0 aromatic carbocycles. The number of carbonyl (C=O) groups is 1. The summed E-state index contributed by atoms with van der Waals surface area (Å²) in [6.45, 7) is 9.76. The molecule has 2 heterocycles. The van der Waals surface area contributed by atoms with Gasteiger partial charge in [0, 0.05) is 32.1 Å². The summed E-state index contributed by atoms with van der Waals surface area (Å²) >= 11 is 0. The van der Waals surface area contributed by atoms with E-state index >= 15 is 0 Å². The number of amides is 1. The highest BCUT2D eigenvalue weighted by Crippen LogP contribution is 2.30. The molecule has 1 saturated heterocycles. The van der Waals surface area contributed by atoms with E-state index in [1.807, 2.05) is 6.92 Å². The van der Waals surface area contributed by atoms with E-state index < -0.39 is 0 Å². The maximum absolute atomic E-state index is 12.9. The van der Waals surface area contributed by atoms with Crippen molar-refractivity contribution in [3.8, 4) is 0 Å². The Kier molecular flexibility index (Phi) is 5.54. The van der Waals surface area contributed by atoms with E-state index in [0.717, 1.165) is 38.9 Å². The first-order valence-electron chi connectivity index (χ1n) is 9.37. The largest absolute Gasteiger partial charge is 0.340 e. The van der Waals surface area contributed by atoms with Crippen molar-refractivity contribution in [3.63, 3.8) is 0 Å². The van der Waals surface area contributed by atoms with Gasteiger partial charge in [0.05, 0.1) is 0 Å². The van der Waals surface area contributed by atoms with Gasteiger partial charge in [-0.1, -0.05) is 31.8 Å². The van der Waals surface area contributed by atoms with Crippen LogP contribution in [0.3, 0.4) is 0 Å². The zero-order valence-corrected chi connectivity index (χ0v) is 15.2. The molecule has 2 aliphatic rings. The second-order valence-electron chi connectivity index (χ2n) is 7.70. The number of aryl methyl sites for hydroxylation is 1. The number of nitrogens with zero attached hydrogens (tertiary/aromatic N) is 4. The van der Waals surface area contributed by atoms with E-state index in [9.17, 15) is 4.79 Å². The van der Waals surface area contributed by atoms with Gasteiger partial charge in [-0.05, 0) is 32.1 Å². The molecule has 1 unspecified atom stereocenters. The van der Waals surface area contributed by atoms with Crippen LogP contribution in [-0.4, -0.2) is 52.0 Å².